The van der Waals surface area contributed by atoms with E-state index in [1.54, 1.807) is 23.7 Å². The lowest BCUT2D eigenvalue weighted by Gasteiger charge is -2.06. The predicted octanol–water partition coefficient (Wildman–Crippen LogP) is 3.23. The molecule has 1 aromatic carbocycles. The van der Waals surface area contributed by atoms with Crippen LogP contribution in [0.1, 0.15) is 17.7 Å². The molecule has 0 aliphatic carbocycles. The molecule has 27 heavy (non-hydrogen) atoms. The van der Waals surface area contributed by atoms with Crippen LogP contribution in [0.2, 0.25) is 0 Å². The van der Waals surface area contributed by atoms with Crippen molar-refractivity contribution >= 4 is 17.2 Å². The van der Waals surface area contributed by atoms with Gasteiger partial charge in [-0.15, -0.1) is 11.3 Å². The molecule has 1 aliphatic heterocycles. The molecule has 1 amide bonds. The summed E-state index contributed by atoms with van der Waals surface area (Å²) in [7, 11) is 0. The number of nitrogens with zero attached hydrogens (tertiary/aromatic N) is 2. The smallest absolute Gasteiger partial charge is 0.231 e. The van der Waals surface area contributed by atoms with Gasteiger partial charge in [0.25, 0.3) is 0 Å². The van der Waals surface area contributed by atoms with Crippen molar-refractivity contribution in [3.05, 3.63) is 59.4 Å². The Morgan fingerprint density at radius 1 is 1.11 bits per heavy atom. The highest BCUT2D eigenvalue weighted by Gasteiger charge is 2.13. The van der Waals surface area contributed by atoms with E-state index >= 15 is 0 Å². The maximum absolute atomic E-state index is 12.1. The summed E-state index contributed by atoms with van der Waals surface area (Å²) in [6.07, 6.45) is 5.33. The molecule has 7 heteroatoms. The first-order valence-electron chi connectivity index (χ1n) is 8.78. The molecule has 0 spiro atoms. The Hall–Kier alpha value is -2.93. The number of aromatic nitrogens is 2. The number of benzene rings is 1. The van der Waals surface area contributed by atoms with Crippen molar-refractivity contribution < 1.29 is 14.3 Å². The Kier molecular flexibility index (Phi) is 5.29. The minimum atomic E-state index is 0.0363. The quantitative estimate of drug-likeness (QED) is 0.680. The number of thiazole rings is 1. The molecule has 0 saturated carbocycles. The van der Waals surface area contributed by atoms with Gasteiger partial charge in [0.2, 0.25) is 12.7 Å². The maximum atomic E-state index is 12.1. The van der Waals surface area contributed by atoms with E-state index in [-0.39, 0.29) is 12.7 Å². The minimum Gasteiger partial charge on any atom is -0.454 e. The van der Waals surface area contributed by atoms with Crippen LogP contribution in [0.15, 0.2) is 48.1 Å². The lowest BCUT2D eigenvalue weighted by molar-refractivity contribution is -0.121. The van der Waals surface area contributed by atoms with Crippen LogP contribution in [0.5, 0.6) is 11.5 Å². The lowest BCUT2D eigenvalue weighted by Crippen LogP contribution is -2.25. The number of rotatable bonds is 7. The number of ether oxygens (including phenoxy) is 2. The zero-order valence-corrected chi connectivity index (χ0v) is 15.5. The number of aryl methyl sites for hydroxylation is 1. The first-order chi connectivity index (χ1) is 13.3. The van der Waals surface area contributed by atoms with Gasteiger partial charge in [-0.05, 0) is 42.7 Å². The third-order valence-electron chi connectivity index (χ3n) is 4.26. The normalized spacial score (nSPS) is 12.1. The van der Waals surface area contributed by atoms with Gasteiger partial charge in [-0.2, -0.15) is 0 Å². The summed E-state index contributed by atoms with van der Waals surface area (Å²) in [6.45, 7) is 0.868. The Morgan fingerprint density at radius 3 is 2.85 bits per heavy atom. The van der Waals surface area contributed by atoms with Crippen LogP contribution >= 0.6 is 11.3 Å². The Labute approximate surface area is 161 Å². The van der Waals surface area contributed by atoms with Gasteiger partial charge in [0.15, 0.2) is 11.5 Å². The highest BCUT2D eigenvalue weighted by molar-refractivity contribution is 7.13. The van der Waals surface area contributed by atoms with Crippen LogP contribution in [0.3, 0.4) is 0 Å². The van der Waals surface area contributed by atoms with Crippen LogP contribution in [-0.4, -0.2) is 29.2 Å². The summed E-state index contributed by atoms with van der Waals surface area (Å²) >= 11 is 1.59. The van der Waals surface area contributed by atoms with Gasteiger partial charge < -0.3 is 14.8 Å². The zero-order valence-electron chi connectivity index (χ0n) is 14.7. The lowest BCUT2D eigenvalue weighted by atomic mass is 10.1. The average Bonchev–Trinajstić information content (AvgIpc) is 3.36. The number of pyridine rings is 1. The molecule has 138 valence electrons. The van der Waals surface area contributed by atoms with Gasteiger partial charge in [-0.1, -0.05) is 6.07 Å². The van der Waals surface area contributed by atoms with Gasteiger partial charge >= 0.3 is 0 Å². The van der Waals surface area contributed by atoms with Crippen molar-refractivity contribution in [1.29, 1.82) is 0 Å². The van der Waals surface area contributed by atoms with E-state index in [1.165, 1.54) is 0 Å². The number of carbonyl (C=O) groups excluding carboxylic acids is 1. The molecule has 0 unspecified atom stereocenters. The van der Waals surface area contributed by atoms with Crippen LogP contribution in [0, 0.1) is 0 Å². The highest BCUT2D eigenvalue weighted by atomic mass is 32.1. The molecule has 6 nitrogen and oxygen atoms in total. The molecule has 0 saturated heterocycles. The fourth-order valence-electron chi connectivity index (χ4n) is 2.82. The minimum absolute atomic E-state index is 0.0363. The number of nitrogens with one attached hydrogen (secondary N) is 1. The first-order valence-corrected chi connectivity index (χ1v) is 9.66. The van der Waals surface area contributed by atoms with E-state index in [0.29, 0.717) is 19.4 Å². The second-order valence-corrected chi connectivity index (χ2v) is 7.03. The Balaban J connectivity index is 1.22. The average molecular weight is 381 g/mol. The summed E-state index contributed by atoms with van der Waals surface area (Å²) < 4.78 is 10.7. The maximum Gasteiger partial charge on any atom is 0.231 e. The molecule has 0 radical (unpaired) electrons. The van der Waals surface area contributed by atoms with Crippen molar-refractivity contribution in [1.82, 2.24) is 15.3 Å². The third kappa shape index (κ3) is 4.43. The number of carbonyl (C=O) groups is 1. The largest absolute Gasteiger partial charge is 0.454 e. The molecule has 0 bridgehead atoms. The molecule has 3 heterocycles. The van der Waals surface area contributed by atoms with Crippen LogP contribution in [0.4, 0.5) is 0 Å². The number of hydrogen-bond acceptors (Lipinski definition) is 6. The van der Waals surface area contributed by atoms with E-state index < -0.39 is 0 Å². The van der Waals surface area contributed by atoms with Crippen molar-refractivity contribution in [2.24, 2.45) is 0 Å². The fourth-order valence-corrected chi connectivity index (χ4v) is 3.68. The zero-order chi connectivity index (χ0) is 18.5. The van der Waals surface area contributed by atoms with Crippen LogP contribution < -0.4 is 14.8 Å². The SMILES string of the molecule is O=C(CCc1csc(-c2ccncc2)n1)NCCc1ccc2c(c1)OCO2. The van der Waals surface area contributed by atoms with Crippen molar-refractivity contribution in [2.75, 3.05) is 13.3 Å². The molecular weight excluding hydrogens is 362 g/mol. The van der Waals surface area contributed by atoms with E-state index in [9.17, 15) is 4.79 Å². The summed E-state index contributed by atoms with van der Waals surface area (Å²) in [5, 5.41) is 5.93. The molecule has 0 atom stereocenters. The number of hydrogen-bond donors (Lipinski definition) is 1. The van der Waals surface area contributed by atoms with E-state index in [1.807, 2.05) is 35.7 Å². The second-order valence-electron chi connectivity index (χ2n) is 6.17. The first kappa shape index (κ1) is 17.5. The van der Waals surface area contributed by atoms with E-state index in [4.69, 9.17) is 9.47 Å². The van der Waals surface area contributed by atoms with Crippen LogP contribution in [0.25, 0.3) is 10.6 Å². The summed E-state index contributed by atoms with van der Waals surface area (Å²) in [5.74, 6) is 1.58. The molecule has 0 fully saturated rings. The molecule has 3 aromatic rings. The van der Waals surface area contributed by atoms with E-state index in [2.05, 4.69) is 15.3 Å². The van der Waals surface area contributed by atoms with E-state index in [0.717, 1.165) is 39.7 Å². The van der Waals surface area contributed by atoms with Crippen molar-refractivity contribution in [3.8, 4) is 22.1 Å². The van der Waals surface area contributed by atoms with Gasteiger partial charge in [0.1, 0.15) is 5.01 Å². The van der Waals surface area contributed by atoms with Gasteiger partial charge in [-0.25, -0.2) is 4.98 Å². The van der Waals surface area contributed by atoms with Crippen LogP contribution in [-0.2, 0) is 17.6 Å². The summed E-state index contributed by atoms with van der Waals surface area (Å²) in [4.78, 5) is 20.7. The topological polar surface area (TPSA) is 73.3 Å². The van der Waals surface area contributed by atoms with Gasteiger partial charge in [-0.3, -0.25) is 9.78 Å². The molecule has 1 aliphatic rings. The summed E-state index contributed by atoms with van der Waals surface area (Å²) in [6, 6.07) is 9.74. The molecular formula is C20H19N3O3S. The number of amides is 1. The number of fused-ring (bicyclic) bond motifs is 1. The van der Waals surface area contributed by atoms with Gasteiger partial charge in [0.05, 0.1) is 5.69 Å². The highest BCUT2D eigenvalue weighted by Crippen LogP contribution is 2.32. The Morgan fingerprint density at radius 2 is 1.96 bits per heavy atom. The standard InChI is InChI=1S/C20H19N3O3S/c24-19(22-10-5-14-1-3-17-18(11-14)26-13-25-17)4-2-16-12-27-20(23-16)15-6-8-21-9-7-15/h1,3,6-9,11-12H,2,4-5,10,13H2,(H,22,24). The fraction of sp³-hybridized carbons (Fsp3) is 0.250. The second kappa shape index (κ2) is 8.18. The van der Waals surface area contributed by atoms with Crippen molar-refractivity contribution in [2.45, 2.75) is 19.3 Å². The molecule has 4 rings (SSSR count). The predicted molar refractivity (Wildman–Crippen MR) is 103 cm³/mol. The molecule has 1 N–H and O–H groups in total. The van der Waals surface area contributed by atoms with Crippen molar-refractivity contribution in [3.63, 3.8) is 0 Å². The molecule has 2 aromatic heterocycles. The third-order valence-corrected chi connectivity index (χ3v) is 5.20. The monoisotopic (exact) mass is 381 g/mol. The van der Waals surface area contributed by atoms with Gasteiger partial charge in [0, 0.05) is 36.3 Å². The Bertz CT molecular complexity index is 927. The summed E-state index contributed by atoms with van der Waals surface area (Å²) in [5.41, 5.74) is 3.10.